The van der Waals surface area contributed by atoms with Gasteiger partial charge >= 0.3 is 0 Å². The number of nitrogens with zero attached hydrogens (tertiary/aromatic N) is 6. The van der Waals surface area contributed by atoms with Crippen molar-refractivity contribution in [3.63, 3.8) is 0 Å². The van der Waals surface area contributed by atoms with Crippen molar-refractivity contribution in [2.75, 3.05) is 31.2 Å². The van der Waals surface area contributed by atoms with Gasteiger partial charge in [0, 0.05) is 37.2 Å². The number of primary amides is 1. The van der Waals surface area contributed by atoms with Crippen LogP contribution < -0.4 is 16.4 Å². The number of aryl methyl sites for hydroxylation is 1. The molecule has 1 atom stereocenters. The molecule has 0 saturated carbocycles. The number of amides is 1. The van der Waals surface area contributed by atoms with Gasteiger partial charge in [-0.3, -0.25) is 14.6 Å². The number of piperidine rings is 1. The van der Waals surface area contributed by atoms with E-state index in [1.54, 1.807) is 23.9 Å². The molecule has 5 N–H and O–H groups in total. The lowest BCUT2D eigenvalue weighted by molar-refractivity contribution is 0.0997. The Bertz CT molecular complexity index is 1490. The number of hydrogen-bond acceptors (Lipinski definition) is 8. The van der Waals surface area contributed by atoms with Crippen molar-refractivity contribution < 1.29 is 9.53 Å². The molecule has 0 unspecified atom stereocenters. The molecule has 1 spiro atoms. The molecule has 35 heavy (non-hydrogen) atoms. The molecule has 2 fully saturated rings. The fraction of sp³-hybridized carbons (Fsp3) is 0.409. The zero-order valence-corrected chi connectivity index (χ0v) is 20.4. The Morgan fingerprint density at radius 3 is 2.69 bits per heavy atom. The minimum atomic E-state index is -0.683. The van der Waals surface area contributed by atoms with Crippen LogP contribution in [-0.4, -0.2) is 68.2 Å². The van der Waals surface area contributed by atoms with Crippen LogP contribution >= 0.6 is 23.2 Å². The van der Waals surface area contributed by atoms with E-state index in [9.17, 15) is 4.79 Å². The van der Waals surface area contributed by atoms with E-state index in [4.69, 9.17) is 39.4 Å². The van der Waals surface area contributed by atoms with Gasteiger partial charge in [-0.05, 0) is 25.0 Å². The van der Waals surface area contributed by atoms with E-state index in [1.165, 1.54) is 0 Å². The van der Waals surface area contributed by atoms with Crippen LogP contribution in [0.25, 0.3) is 33.2 Å². The van der Waals surface area contributed by atoms with Gasteiger partial charge in [-0.2, -0.15) is 15.2 Å². The van der Waals surface area contributed by atoms with Gasteiger partial charge in [0.15, 0.2) is 5.65 Å². The fourth-order valence-electron chi connectivity index (χ4n) is 5.17. The first kappa shape index (κ1) is 22.5. The van der Waals surface area contributed by atoms with Gasteiger partial charge < -0.3 is 21.1 Å². The van der Waals surface area contributed by atoms with E-state index < -0.39 is 5.91 Å². The summed E-state index contributed by atoms with van der Waals surface area (Å²) in [6, 6.07) is 3.62. The SMILES string of the molecule is Cn1nc2ccc(-c3[nH]nc4nc(N5CCC6(CC5)COC[C@H]6N)nc(C(N)=O)c34)c(Cl)c2c1Cl. The zero-order valence-electron chi connectivity index (χ0n) is 18.9. The molecule has 1 amide bonds. The van der Waals surface area contributed by atoms with E-state index in [-0.39, 0.29) is 17.2 Å². The molecule has 6 rings (SSSR count). The largest absolute Gasteiger partial charge is 0.379 e. The monoisotopic (exact) mass is 515 g/mol. The van der Waals surface area contributed by atoms with Crippen molar-refractivity contribution in [3.05, 3.63) is 28.0 Å². The van der Waals surface area contributed by atoms with Crippen molar-refractivity contribution in [1.29, 1.82) is 0 Å². The second-order valence-corrected chi connectivity index (χ2v) is 9.98. The summed E-state index contributed by atoms with van der Waals surface area (Å²) < 4.78 is 7.16. The van der Waals surface area contributed by atoms with E-state index in [2.05, 4.69) is 25.3 Å². The van der Waals surface area contributed by atoms with E-state index in [1.807, 2.05) is 4.90 Å². The van der Waals surface area contributed by atoms with Crippen LogP contribution in [0.4, 0.5) is 5.95 Å². The van der Waals surface area contributed by atoms with Gasteiger partial charge in [0.2, 0.25) is 5.95 Å². The number of nitrogens with two attached hydrogens (primary N) is 2. The van der Waals surface area contributed by atoms with Crippen LogP contribution in [0.1, 0.15) is 23.3 Å². The molecule has 13 heteroatoms. The Morgan fingerprint density at radius 2 is 2.00 bits per heavy atom. The Morgan fingerprint density at radius 1 is 1.23 bits per heavy atom. The molecule has 4 aromatic rings. The molecule has 0 radical (unpaired) electrons. The third-order valence-corrected chi connectivity index (χ3v) is 8.11. The average molecular weight is 516 g/mol. The second kappa shape index (κ2) is 8.02. The molecule has 2 aliphatic heterocycles. The van der Waals surface area contributed by atoms with Gasteiger partial charge in [0.05, 0.1) is 40.2 Å². The minimum Gasteiger partial charge on any atom is -0.379 e. The van der Waals surface area contributed by atoms with Gasteiger partial charge in [-0.1, -0.05) is 23.2 Å². The summed E-state index contributed by atoms with van der Waals surface area (Å²) in [4.78, 5) is 23.8. The summed E-state index contributed by atoms with van der Waals surface area (Å²) >= 11 is 13.1. The van der Waals surface area contributed by atoms with E-state index >= 15 is 0 Å². The molecule has 0 aliphatic carbocycles. The number of aromatic nitrogens is 6. The molecular formula is C22H23Cl2N9O2. The van der Waals surface area contributed by atoms with Crippen molar-refractivity contribution in [3.8, 4) is 11.3 Å². The number of halogens is 2. The molecule has 1 aromatic carbocycles. The Balaban J connectivity index is 1.42. The number of aromatic amines is 1. The number of carbonyl (C=O) groups excluding carboxylic acids is 1. The standard InChI is InChI=1S/C22H23Cl2N9O2/c1-32-18(24)13-11(31-32)3-2-10(15(13)23)16-14-17(19(26)34)27-21(28-20(14)30-29-16)33-6-4-22(5-7-33)9-35-8-12(22)25/h2-3,12H,4-9,25H2,1H3,(H2,26,34)(H,27,28,29,30)/t12-/m1/s1. The lowest BCUT2D eigenvalue weighted by atomic mass is 9.75. The number of ether oxygens (including phenoxy) is 1. The third-order valence-electron chi connectivity index (χ3n) is 7.29. The molecule has 3 aromatic heterocycles. The first-order chi connectivity index (χ1) is 16.8. The smallest absolute Gasteiger partial charge is 0.268 e. The summed E-state index contributed by atoms with van der Waals surface area (Å²) in [5.41, 5.74) is 14.2. The normalized spacial score (nSPS) is 19.9. The fourth-order valence-corrected chi connectivity index (χ4v) is 5.80. The van der Waals surface area contributed by atoms with Gasteiger partial charge in [-0.25, -0.2) is 4.98 Å². The van der Waals surface area contributed by atoms with Crippen LogP contribution in [0.15, 0.2) is 12.1 Å². The number of rotatable bonds is 3. The lowest BCUT2D eigenvalue weighted by Crippen LogP contribution is -2.49. The summed E-state index contributed by atoms with van der Waals surface area (Å²) in [5, 5.41) is 13.5. The van der Waals surface area contributed by atoms with E-state index in [0.717, 1.165) is 12.8 Å². The number of fused-ring (bicyclic) bond motifs is 2. The summed E-state index contributed by atoms with van der Waals surface area (Å²) in [6.07, 6.45) is 1.71. The zero-order chi connectivity index (χ0) is 24.5. The number of benzene rings is 1. The Kier molecular flexibility index (Phi) is 5.15. The molecule has 182 valence electrons. The molecular weight excluding hydrogens is 493 g/mol. The molecule has 2 aliphatic rings. The average Bonchev–Trinajstić information content (AvgIpc) is 3.50. The second-order valence-electron chi connectivity index (χ2n) is 9.24. The molecule has 11 nitrogen and oxygen atoms in total. The summed E-state index contributed by atoms with van der Waals surface area (Å²) in [6.45, 7) is 2.65. The quantitative estimate of drug-likeness (QED) is 0.375. The van der Waals surface area contributed by atoms with Gasteiger partial charge in [0.25, 0.3) is 5.91 Å². The number of hydrogen-bond donors (Lipinski definition) is 3. The van der Waals surface area contributed by atoms with Crippen LogP contribution in [0, 0.1) is 5.41 Å². The van der Waals surface area contributed by atoms with Crippen LogP contribution in [0.2, 0.25) is 10.2 Å². The highest BCUT2D eigenvalue weighted by Gasteiger charge is 2.44. The first-order valence-corrected chi connectivity index (χ1v) is 12.0. The number of anilines is 1. The molecule has 5 heterocycles. The molecule has 0 bridgehead atoms. The lowest BCUT2D eigenvalue weighted by Gasteiger charge is -2.40. The minimum absolute atomic E-state index is 0.0183. The van der Waals surface area contributed by atoms with Crippen LogP contribution in [0.3, 0.4) is 0 Å². The topological polar surface area (TPSA) is 154 Å². The maximum Gasteiger partial charge on any atom is 0.268 e. The van der Waals surface area contributed by atoms with Crippen molar-refractivity contribution in [2.24, 2.45) is 23.9 Å². The number of nitrogens with one attached hydrogen (secondary N) is 1. The third kappa shape index (κ3) is 3.37. The predicted molar refractivity (Wildman–Crippen MR) is 133 cm³/mol. The number of carbonyl (C=O) groups is 1. The van der Waals surface area contributed by atoms with E-state index in [0.29, 0.717) is 75.6 Å². The highest BCUT2D eigenvalue weighted by atomic mass is 35.5. The highest BCUT2D eigenvalue weighted by molar-refractivity contribution is 6.43. The molecule has 2 saturated heterocycles. The van der Waals surface area contributed by atoms with Crippen molar-refractivity contribution in [1.82, 2.24) is 29.9 Å². The highest BCUT2D eigenvalue weighted by Crippen LogP contribution is 2.41. The summed E-state index contributed by atoms with van der Waals surface area (Å²) in [5.74, 6) is -0.277. The maximum atomic E-state index is 12.5. The predicted octanol–water partition coefficient (Wildman–Crippen LogP) is 2.26. The maximum absolute atomic E-state index is 12.5. The van der Waals surface area contributed by atoms with Crippen LogP contribution in [0.5, 0.6) is 0 Å². The number of H-pyrrole nitrogens is 1. The Hall–Kier alpha value is -2.99. The summed E-state index contributed by atoms with van der Waals surface area (Å²) in [7, 11) is 1.74. The van der Waals surface area contributed by atoms with Crippen molar-refractivity contribution in [2.45, 2.75) is 18.9 Å². The first-order valence-electron chi connectivity index (χ1n) is 11.2. The van der Waals surface area contributed by atoms with Crippen molar-refractivity contribution >= 4 is 57.0 Å². The van der Waals surface area contributed by atoms with Crippen LogP contribution in [-0.2, 0) is 11.8 Å². The van der Waals surface area contributed by atoms with Gasteiger partial charge in [0.1, 0.15) is 10.8 Å². The Labute approximate surface area is 209 Å². The van der Waals surface area contributed by atoms with Gasteiger partial charge in [-0.15, -0.1) is 0 Å².